The molecule has 0 radical (unpaired) electrons. The highest BCUT2D eigenvalue weighted by Gasteiger charge is 2.14. The van der Waals surface area contributed by atoms with Gasteiger partial charge in [-0.1, -0.05) is 25.4 Å². The summed E-state index contributed by atoms with van der Waals surface area (Å²) in [6, 6.07) is 0.586. The highest BCUT2D eigenvalue weighted by molar-refractivity contribution is 6.31. The van der Waals surface area contributed by atoms with Crippen molar-refractivity contribution in [3.05, 3.63) is 16.4 Å². The maximum atomic E-state index is 6.31. The molecule has 4 heteroatoms. The van der Waals surface area contributed by atoms with Crippen molar-refractivity contribution in [3.63, 3.8) is 0 Å². The van der Waals surface area contributed by atoms with Gasteiger partial charge >= 0.3 is 0 Å². The third-order valence-corrected chi connectivity index (χ3v) is 4.05. The largest absolute Gasteiger partial charge is 0.317 e. The summed E-state index contributed by atoms with van der Waals surface area (Å²) in [6.45, 7) is 9.49. The lowest BCUT2D eigenvalue weighted by Crippen LogP contribution is -2.30. The van der Waals surface area contributed by atoms with Gasteiger partial charge in [0, 0.05) is 12.6 Å². The molecule has 1 aromatic rings. The predicted octanol–water partition coefficient (Wildman–Crippen LogP) is 3.43. The van der Waals surface area contributed by atoms with Gasteiger partial charge in [0.25, 0.3) is 0 Å². The molecule has 0 aliphatic rings. The molecule has 1 rings (SSSR count). The molecule has 104 valence electrons. The second-order valence-electron chi connectivity index (χ2n) is 5.19. The Kier molecular flexibility index (Phi) is 6.16. The SMILES string of the molecule is CCn1nc(C)c(Cl)c1CCCC(NC)C(C)C. The first kappa shape index (κ1) is 15.5. The van der Waals surface area contributed by atoms with E-state index in [1.54, 1.807) is 0 Å². The summed E-state index contributed by atoms with van der Waals surface area (Å²) >= 11 is 6.31. The summed E-state index contributed by atoms with van der Waals surface area (Å²) in [7, 11) is 2.04. The summed E-state index contributed by atoms with van der Waals surface area (Å²) in [4.78, 5) is 0. The predicted molar refractivity (Wildman–Crippen MR) is 78.3 cm³/mol. The molecule has 0 saturated heterocycles. The Morgan fingerprint density at radius 3 is 2.56 bits per heavy atom. The molecule has 1 heterocycles. The number of aryl methyl sites for hydroxylation is 2. The quantitative estimate of drug-likeness (QED) is 0.823. The molecular weight excluding hydrogens is 246 g/mol. The average molecular weight is 272 g/mol. The minimum atomic E-state index is 0.586. The van der Waals surface area contributed by atoms with Gasteiger partial charge in [0.1, 0.15) is 0 Å². The molecule has 0 aliphatic heterocycles. The Hall–Kier alpha value is -0.540. The van der Waals surface area contributed by atoms with Crippen LogP contribution in [0, 0.1) is 12.8 Å². The van der Waals surface area contributed by atoms with Crippen LogP contribution in [0.1, 0.15) is 45.0 Å². The normalized spacial score (nSPS) is 13.3. The van der Waals surface area contributed by atoms with Crippen molar-refractivity contribution in [3.8, 4) is 0 Å². The zero-order chi connectivity index (χ0) is 13.7. The first-order valence-corrected chi connectivity index (χ1v) is 7.28. The third-order valence-electron chi connectivity index (χ3n) is 3.56. The highest BCUT2D eigenvalue weighted by atomic mass is 35.5. The van der Waals surface area contributed by atoms with Gasteiger partial charge in [-0.15, -0.1) is 0 Å². The molecule has 3 nitrogen and oxygen atoms in total. The monoisotopic (exact) mass is 271 g/mol. The number of aromatic nitrogens is 2. The molecule has 0 spiro atoms. The van der Waals surface area contributed by atoms with Crippen LogP contribution >= 0.6 is 11.6 Å². The van der Waals surface area contributed by atoms with Gasteiger partial charge in [-0.3, -0.25) is 4.68 Å². The van der Waals surface area contributed by atoms with E-state index in [-0.39, 0.29) is 0 Å². The van der Waals surface area contributed by atoms with Gasteiger partial charge < -0.3 is 5.32 Å². The maximum absolute atomic E-state index is 6.31. The van der Waals surface area contributed by atoms with E-state index in [1.807, 2.05) is 18.7 Å². The summed E-state index contributed by atoms with van der Waals surface area (Å²) in [6.07, 6.45) is 3.34. The second-order valence-corrected chi connectivity index (χ2v) is 5.57. The zero-order valence-electron chi connectivity index (χ0n) is 12.3. The van der Waals surface area contributed by atoms with E-state index in [4.69, 9.17) is 11.6 Å². The summed E-state index contributed by atoms with van der Waals surface area (Å²) in [5, 5.41) is 8.68. The molecule has 1 N–H and O–H groups in total. The Morgan fingerprint density at radius 1 is 1.39 bits per heavy atom. The first-order chi connectivity index (χ1) is 8.51. The van der Waals surface area contributed by atoms with Gasteiger partial charge in [-0.2, -0.15) is 5.10 Å². The molecule has 0 aliphatic carbocycles. The van der Waals surface area contributed by atoms with Crippen LogP contribution < -0.4 is 5.32 Å². The Balaban J connectivity index is 2.58. The van der Waals surface area contributed by atoms with Crippen LogP contribution in [0.3, 0.4) is 0 Å². The van der Waals surface area contributed by atoms with E-state index < -0.39 is 0 Å². The lowest BCUT2D eigenvalue weighted by Gasteiger charge is -2.20. The fourth-order valence-electron chi connectivity index (χ4n) is 2.41. The summed E-state index contributed by atoms with van der Waals surface area (Å²) < 4.78 is 2.03. The van der Waals surface area contributed by atoms with E-state index in [0.717, 1.165) is 30.1 Å². The summed E-state index contributed by atoms with van der Waals surface area (Å²) in [5.74, 6) is 0.670. The van der Waals surface area contributed by atoms with Crippen LogP contribution in [0.4, 0.5) is 0 Å². The highest BCUT2D eigenvalue weighted by Crippen LogP contribution is 2.22. The number of rotatable bonds is 7. The Bertz CT molecular complexity index is 371. The van der Waals surface area contributed by atoms with Crippen LogP contribution in [0.25, 0.3) is 0 Å². The van der Waals surface area contributed by atoms with Gasteiger partial charge in [-0.25, -0.2) is 0 Å². The second kappa shape index (κ2) is 7.15. The van der Waals surface area contributed by atoms with Crippen molar-refractivity contribution >= 4 is 11.6 Å². The van der Waals surface area contributed by atoms with E-state index in [1.165, 1.54) is 12.1 Å². The first-order valence-electron chi connectivity index (χ1n) is 6.90. The Morgan fingerprint density at radius 2 is 2.06 bits per heavy atom. The molecule has 0 saturated carbocycles. The van der Waals surface area contributed by atoms with Crippen molar-refractivity contribution in [1.82, 2.24) is 15.1 Å². The summed E-state index contributed by atoms with van der Waals surface area (Å²) in [5.41, 5.74) is 2.14. The zero-order valence-corrected chi connectivity index (χ0v) is 13.0. The van der Waals surface area contributed by atoms with Crippen molar-refractivity contribution in [1.29, 1.82) is 0 Å². The molecule has 0 amide bonds. The fraction of sp³-hybridized carbons (Fsp3) is 0.786. The molecule has 1 atom stereocenters. The van der Waals surface area contributed by atoms with Crippen LogP contribution in [-0.4, -0.2) is 22.9 Å². The molecule has 0 aromatic carbocycles. The number of nitrogens with one attached hydrogen (secondary N) is 1. The van der Waals surface area contributed by atoms with Crippen LogP contribution in [0.15, 0.2) is 0 Å². The van der Waals surface area contributed by atoms with Crippen LogP contribution in [0.5, 0.6) is 0 Å². The number of hydrogen-bond acceptors (Lipinski definition) is 2. The van der Waals surface area contributed by atoms with Crippen molar-refractivity contribution in [2.45, 2.75) is 59.5 Å². The molecule has 1 unspecified atom stereocenters. The van der Waals surface area contributed by atoms with Gasteiger partial charge in [0.15, 0.2) is 0 Å². The minimum absolute atomic E-state index is 0.586. The van der Waals surface area contributed by atoms with Gasteiger partial charge in [0.05, 0.1) is 16.4 Å². The van der Waals surface area contributed by atoms with Crippen LogP contribution in [-0.2, 0) is 13.0 Å². The molecule has 1 aromatic heterocycles. The average Bonchev–Trinajstić information content (AvgIpc) is 2.61. The van der Waals surface area contributed by atoms with Crippen molar-refractivity contribution in [2.24, 2.45) is 5.92 Å². The van der Waals surface area contributed by atoms with E-state index in [2.05, 4.69) is 31.2 Å². The lowest BCUT2D eigenvalue weighted by atomic mass is 9.98. The number of nitrogens with zero attached hydrogens (tertiary/aromatic N) is 2. The Labute approximate surface area is 116 Å². The van der Waals surface area contributed by atoms with Crippen molar-refractivity contribution < 1.29 is 0 Å². The molecule has 0 fully saturated rings. The van der Waals surface area contributed by atoms with E-state index in [0.29, 0.717) is 12.0 Å². The molecule has 18 heavy (non-hydrogen) atoms. The maximum Gasteiger partial charge on any atom is 0.0847 e. The van der Waals surface area contributed by atoms with E-state index in [9.17, 15) is 0 Å². The molecular formula is C14H26ClN3. The standard InChI is InChI=1S/C14H26ClN3/c1-6-18-13(14(15)11(4)17-18)9-7-8-12(16-5)10(2)3/h10,12,16H,6-9H2,1-5H3. The topological polar surface area (TPSA) is 29.9 Å². The third kappa shape index (κ3) is 3.72. The van der Waals surface area contributed by atoms with E-state index >= 15 is 0 Å². The number of hydrogen-bond donors (Lipinski definition) is 1. The number of halogens is 1. The fourth-order valence-corrected chi connectivity index (χ4v) is 2.64. The lowest BCUT2D eigenvalue weighted by molar-refractivity contribution is 0.391. The van der Waals surface area contributed by atoms with Crippen LogP contribution in [0.2, 0.25) is 5.02 Å². The smallest absolute Gasteiger partial charge is 0.0847 e. The minimum Gasteiger partial charge on any atom is -0.317 e. The van der Waals surface area contributed by atoms with Gasteiger partial charge in [-0.05, 0) is 46.1 Å². The van der Waals surface area contributed by atoms with Gasteiger partial charge in [0.2, 0.25) is 0 Å². The van der Waals surface area contributed by atoms with Crippen molar-refractivity contribution in [2.75, 3.05) is 7.05 Å². The molecule has 0 bridgehead atoms.